The van der Waals surface area contributed by atoms with Crippen molar-refractivity contribution in [2.24, 2.45) is 5.41 Å². The molecule has 3 aromatic rings. The van der Waals surface area contributed by atoms with E-state index in [1.165, 1.54) is 11.3 Å². The normalized spacial score (nSPS) is 22.3. The number of thiazole rings is 1. The molecule has 0 aromatic carbocycles. The van der Waals surface area contributed by atoms with Crippen molar-refractivity contribution in [1.82, 2.24) is 35.1 Å². The molecule has 11 heteroatoms. The summed E-state index contributed by atoms with van der Waals surface area (Å²) in [6.07, 6.45) is 11.8. The Kier molecular flexibility index (Phi) is 6.79. The van der Waals surface area contributed by atoms with E-state index in [-0.39, 0.29) is 6.10 Å². The van der Waals surface area contributed by atoms with Crippen LogP contribution in [0.4, 0.5) is 11.1 Å². The van der Waals surface area contributed by atoms with E-state index >= 15 is 0 Å². The zero-order chi connectivity index (χ0) is 24.4. The Hall–Kier alpha value is -2.73. The monoisotopic (exact) mass is 508 g/mol. The molecular weight excluding hydrogens is 476 g/mol. The van der Waals surface area contributed by atoms with Crippen molar-refractivity contribution >= 4 is 22.4 Å². The molecule has 6 rings (SSSR count). The number of rotatable bonds is 7. The van der Waals surface area contributed by atoms with Crippen LogP contribution in [0, 0.1) is 5.41 Å². The maximum Gasteiger partial charge on any atom is 0.317 e. The molecule has 190 valence electrons. The first-order valence-corrected chi connectivity index (χ1v) is 13.5. The first kappa shape index (κ1) is 23.7. The van der Waals surface area contributed by atoms with Crippen LogP contribution < -0.4 is 15.4 Å². The standard InChI is InChI=1S/C25H32N8O2S/c1-17-13-33(9-8-26-17)14-18-10-28-22(29-11-18)32-24-30-12-21(36-24)20-4-7-27-23(31-20)35-19-2-5-25(6-3-19)15-34-16-25/h4,7,10-12,17,19,26H,2-3,5-6,8-9,13-16H2,1H3,(H,28,29,30,32). The first-order valence-electron chi connectivity index (χ1n) is 12.7. The van der Waals surface area contributed by atoms with Crippen molar-refractivity contribution in [2.75, 3.05) is 38.2 Å². The van der Waals surface area contributed by atoms with Crippen molar-refractivity contribution in [3.8, 4) is 16.6 Å². The van der Waals surface area contributed by atoms with Crippen molar-refractivity contribution in [2.45, 2.75) is 51.3 Å². The van der Waals surface area contributed by atoms with Gasteiger partial charge in [-0.25, -0.2) is 19.9 Å². The molecule has 0 amide bonds. The molecule has 1 spiro atoms. The molecule has 2 N–H and O–H groups in total. The molecule has 10 nitrogen and oxygen atoms in total. The number of nitrogens with zero attached hydrogens (tertiary/aromatic N) is 6. The topological polar surface area (TPSA) is 110 Å². The maximum atomic E-state index is 6.13. The molecule has 1 saturated carbocycles. The van der Waals surface area contributed by atoms with Gasteiger partial charge in [0.15, 0.2) is 5.13 Å². The second kappa shape index (κ2) is 10.3. The number of hydrogen-bond donors (Lipinski definition) is 2. The molecule has 0 bridgehead atoms. The van der Waals surface area contributed by atoms with Gasteiger partial charge < -0.3 is 20.1 Å². The van der Waals surface area contributed by atoms with Gasteiger partial charge in [-0.05, 0) is 38.7 Å². The highest BCUT2D eigenvalue weighted by Crippen LogP contribution is 2.43. The Morgan fingerprint density at radius 3 is 2.75 bits per heavy atom. The lowest BCUT2D eigenvalue weighted by atomic mass is 9.72. The molecule has 2 aliphatic heterocycles. The number of ether oxygens (including phenoxy) is 2. The zero-order valence-electron chi connectivity index (χ0n) is 20.5. The van der Waals surface area contributed by atoms with Crippen molar-refractivity contribution in [1.29, 1.82) is 0 Å². The third kappa shape index (κ3) is 5.49. The van der Waals surface area contributed by atoms with Gasteiger partial charge in [0.2, 0.25) is 5.95 Å². The van der Waals surface area contributed by atoms with E-state index in [1.807, 2.05) is 18.5 Å². The Morgan fingerprint density at radius 2 is 2.00 bits per heavy atom. The van der Waals surface area contributed by atoms with Gasteiger partial charge in [-0.15, -0.1) is 0 Å². The molecule has 0 radical (unpaired) electrons. The van der Waals surface area contributed by atoms with E-state index in [9.17, 15) is 0 Å². The van der Waals surface area contributed by atoms with E-state index < -0.39 is 0 Å². The molecule has 1 atom stereocenters. The molecule has 3 aliphatic rings. The van der Waals surface area contributed by atoms with Crippen LogP contribution in [-0.2, 0) is 11.3 Å². The Balaban J connectivity index is 1.04. The average Bonchev–Trinajstić information content (AvgIpc) is 3.34. The molecule has 1 aliphatic carbocycles. The number of piperazine rings is 1. The lowest BCUT2D eigenvalue weighted by molar-refractivity contribution is -0.140. The van der Waals surface area contributed by atoms with E-state index in [4.69, 9.17) is 9.47 Å². The summed E-state index contributed by atoms with van der Waals surface area (Å²) < 4.78 is 11.6. The molecular formula is C25H32N8O2S. The van der Waals surface area contributed by atoms with Crippen LogP contribution in [0.3, 0.4) is 0 Å². The molecule has 3 fully saturated rings. The lowest BCUT2D eigenvalue weighted by Crippen LogP contribution is -2.48. The minimum Gasteiger partial charge on any atom is -0.460 e. The summed E-state index contributed by atoms with van der Waals surface area (Å²) in [5.74, 6) is 0.534. The Labute approximate surface area is 214 Å². The Morgan fingerprint density at radius 1 is 1.17 bits per heavy atom. The number of anilines is 2. The van der Waals surface area contributed by atoms with Crippen molar-refractivity contribution < 1.29 is 9.47 Å². The number of nitrogens with one attached hydrogen (secondary N) is 2. The minimum atomic E-state index is 0.167. The predicted octanol–water partition coefficient (Wildman–Crippen LogP) is 3.27. The minimum absolute atomic E-state index is 0.167. The molecule has 1 unspecified atom stereocenters. The van der Waals surface area contributed by atoms with Gasteiger partial charge in [0.25, 0.3) is 0 Å². The molecule has 5 heterocycles. The molecule has 36 heavy (non-hydrogen) atoms. The van der Waals surface area contributed by atoms with Crippen LogP contribution in [0.1, 0.15) is 38.2 Å². The summed E-state index contributed by atoms with van der Waals surface area (Å²) in [4.78, 5) is 25.8. The van der Waals surface area contributed by atoms with Gasteiger partial charge in [-0.2, -0.15) is 4.98 Å². The summed E-state index contributed by atoms with van der Waals surface area (Å²) in [5, 5.41) is 7.39. The summed E-state index contributed by atoms with van der Waals surface area (Å²) in [6.45, 7) is 7.97. The molecule has 3 aromatic heterocycles. The fourth-order valence-electron chi connectivity index (χ4n) is 5.15. The first-order chi connectivity index (χ1) is 17.6. The summed E-state index contributed by atoms with van der Waals surface area (Å²) in [6, 6.07) is 2.83. The average molecular weight is 509 g/mol. The largest absolute Gasteiger partial charge is 0.460 e. The SMILES string of the molecule is CC1CN(Cc2cnc(Nc3ncc(-c4ccnc(OC5CCC6(CC5)COC6)n4)s3)nc2)CCN1. The fraction of sp³-hybridized carbons (Fsp3) is 0.560. The highest BCUT2D eigenvalue weighted by atomic mass is 32.1. The highest BCUT2D eigenvalue weighted by Gasteiger charge is 2.42. The second-order valence-electron chi connectivity index (χ2n) is 10.2. The van der Waals surface area contributed by atoms with Gasteiger partial charge >= 0.3 is 6.01 Å². The third-order valence-corrected chi connectivity index (χ3v) is 8.19. The predicted molar refractivity (Wildman–Crippen MR) is 137 cm³/mol. The van der Waals surface area contributed by atoms with Crippen molar-refractivity contribution in [3.05, 3.63) is 36.4 Å². The van der Waals surface area contributed by atoms with Gasteiger partial charge in [0.05, 0.1) is 23.8 Å². The van der Waals surface area contributed by atoms with Crippen LogP contribution in [0.2, 0.25) is 0 Å². The maximum absolute atomic E-state index is 6.13. The van der Waals surface area contributed by atoms with E-state index in [0.717, 1.165) is 86.3 Å². The van der Waals surface area contributed by atoms with Crippen LogP contribution in [-0.4, -0.2) is 74.8 Å². The van der Waals surface area contributed by atoms with Crippen LogP contribution in [0.15, 0.2) is 30.9 Å². The van der Waals surface area contributed by atoms with E-state index in [0.29, 0.717) is 23.4 Å². The highest BCUT2D eigenvalue weighted by molar-refractivity contribution is 7.18. The fourth-order valence-corrected chi connectivity index (χ4v) is 5.93. The molecule has 2 saturated heterocycles. The quantitative estimate of drug-likeness (QED) is 0.493. The smallest absolute Gasteiger partial charge is 0.317 e. The van der Waals surface area contributed by atoms with Crippen LogP contribution in [0.5, 0.6) is 6.01 Å². The zero-order valence-corrected chi connectivity index (χ0v) is 21.3. The van der Waals surface area contributed by atoms with E-state index in [2.05, 4.69) is 47.4 Å². The Bertz CT molecular complexity index is 1160. The van der Waals surface area contributed by atoms with Gasteiger partial charge in [-0.1, -0.05) is 11.3 Å². The second-order valence-corrected chi connectivity index (χ2v) is 11.2. The van der Waals surface area contributed by atoms with Crippen molar-refractivity contribution in [3.63, 3.8) is 0 Å². The van der Waals surface area contributed by atoms with Gasteiger partial charge in [-0.3, -0.25) is 4.90 Å². The van der Waals surface area contributed by atoms with Gasteiger partial charge in [0.1, 0.15) is 6.10 Å². The summed E-state index contributed by atoms with van der Waals surface area (Å²) in [5.41, 5.74) is 2.31. The van der Waals surface area contributed by atoms with E-state index in [1.54, 1.807) is 12.4 Å². The van der Waals surface area contributed by atoms with Gasteiger partial charge in [0, 0.05) is 68.0 Å². The summed E-state index contributed by atoms with van der Waals surface area (Å²) >= 11 is 1.50. The summed E-state index contributed by atoms with van der Waals surface area (Å²) in [7, 11) is 0. The third-order valence-electron chi connectivity index (χ3n) is 7.26. The number of hydrogen-bond acceptors (Lipinski definition) is 11. The van der Waals surface area contributed by atoms with Crippen LogP contribution in [0.25, 0.3) is 10.6 Å². The lowest BCUT2D eigenvalue weighted by Gasteiger charge is -2.45. The number of aromatic nitrogens is 5. The van der Waals surface area contributed by atoms with Crippen LogP contribution >= 0.6 is 11.3 Å².